The van der Waals surface area contributed by atoms with E-state index >= 15 is 0 Å². The number of ketones is 1. The van der Waals surface area contributed by atoms with Crippen LogP contribution in [0.5, 0.6) is 0 Å². The number of halogens is 4. The molecule has 0 fully saturated rings. The van der Waals surface area contributed by atoms with Gasteiger partial charge in [-0.2, -0.15) is 13.2 Å². The first-order valence-corrected chi connectivity index (χ1v) is 5.62. The summed E-state index contributed by atoms with van der Waals surface area (Å²) in [5, 5.41) is 0. The number of carbonyl (C=O) groups is 1. The first-order chi connectivity index (χ1) is 9.29. The van der Waals surface area contributed by atoms with Crippen LogP contribution >= 0.6 is 0 Å². The van der Waals surface area contributed by atoms with Gasteiger partial charge in [0.2, 0.25) is 0 Å². The van der Waals surface area contributed by atoms with Gasteiger partial charge in [0.1, 0.15) is 5.82 Å². The molecule has 0 radical (unpaired) electrons. The monoisotopic (exact) mass is 283 g/mol. The van der Waals surface area contributed by atoms with E-state index in [9.17, 15) is 22.4 Å². The van der Waals surface area contributed by atoms with Gasteiger partial charge in [-0.3, -0.25) is 9.78 Å². The van der Waals surface area contributed by atoms with Crippen molar-refractivity contribution in [1.29, 1.82) is 0 Å². The van der Waals surface area contributed by atoms with Crippen molar-refractivity contribution >= 4 is 5.78 Å². The van der Waals surface area contributed by atoms with Crippen molar-refractivity contribution in [2.45, 2.75) is 13.1 Å². The minimum atomic E-state index is -4.63. The number of nitrogens with zero attached hydrogens (tertiary/aromatic N) is 1. The molecular weight excluding hydrogens is 274 g/mol. The smallest absolute Gasteiger partial charge is 0.288 e. The quantitative estimate of drug-likeness (QED) is 0.620. The highest BCUT2D eigenvalue weighted by atomic mass is 19.4. The zero-order chi connectivity index (χ0) is 14.9. The molecule has 1 heterocycles. The summed E-state index contributed by atoms with van der Waals surface area (Å²) in [6.45, 7) is 1.67. The summed E-state index contributed by atoms with van der Waals surface area (Å²) in [5.74, 6) is -1.82. The van der Waals surface area contributed by atoms with Crippen molar-refractivity contribution in [1.82, 2.24) is 4.98 Å². The summed E-state index contributed by atoms with van der Waals surface area (Å²) in [5.41, 5.74) is -0.985. The summed E-state index contributed by atoms with van der Waals surface area (Å²) < 4.78 is 51.3. The maximum absolute atomic E-state index is 13.6. The van der Waals surface area contributed by atoms with E-state index in [4.69, 9.17) is 0 Å². The van der Waals surface area contributed by atoms with E-state index in [2.05, 4.69) is 4.98 Å². The van der Waals surface area contributed by atoms with Gasteiger partial charge in [-0.1, -0.05) is 0 Å². The van der Waals surface area contributed by atoms with Gasteiger partial charge in [-0.05, 0) is 36.8 Å². The Bertz CT molecular complexity index is 664. The van der Waals surface area contributed by atoms with Crippen molar-refractivity contribution in [3.8, 4) is 0 Å². The molecule has 20 heavy (non-hydrogen) atoms. The van der Waals surface area contributed by atoms with Gasteiger partial charge in [0.25, 0.3) is 0 Å². The van der Waals surface area contributed by atoms with Crippen LogP contribution in [0.15, 0.2) is 36.7 Å². The number of pyridine rings is 1. The van der Waals surface area contributed by atoms with Gasteiger partial charge in [-0.25, -0.2) is 4.39 Å². The molecule has 0 aliphatic heterocycles. The summed E-state index contributed by atoms with van der Waals surface area (Å²) >= 11 is 0. The second-order valence-corrected chi connectivity index (χ2v) is 4.27. The first-order valence-electron chi connectivity index (χ1n) is 5.62. The molecule has 0 unspecified atom stereocenters. The maximum Gasteiger partial charge on any atom is 0.416 e. The van der Waals surface area contributed by atoms with Gasteiger partial charge in [0.05, 0.1) is 11.1 Å². The van der Waals surface area contributed by atoms with E-state index in [1.165, 1.54) is 18.5 Å². The fourth-order valence-corrected chi connectivity index (χ4v) is 1.71. The number of alkyl halides is 3. The lowest BCUT2D eigenvalue weighted by atomic mass is 10.0. The van der Waals surface area contributed by atoms with Crippen LogP contribution in [0, 0.1) is 12.7 Å². The molecule has 0 amide bonds. The average Bonchev–Trinajstić information content (AvgIpc) is 2.37. The van der Waals surface area contributed by atoms with Crippen LogP contribution in [0.25, 0.3) is 0 Å². The number of aryl methyl sites for hydroxylation is 1. The Morgan fingerprint density at radius 3 is 2.45 bits per heavy atom. The van der Waals surface area contributed by atoms with Gasteiger partial charge in [0, 0.05) is 18.0 Å². The Kier molecular flexibility index (Phi) is 3.57. The van der Waals surface area contributed by atoms with Crippen molar-refractivity contribution < 1.29 is 22.4 Å². The van der Waals surface area contributed by atoms with E-state index < -0.39 is 28.9 Å². The van der Waals surface area contributed by atoms with Crippen LogP contribution in [0.2, 0.25) is 0 Å². The van der Waals surface area contributed by atoms with Gasteiger partial charge in [-0.15, -0.1) is 0 Å². The lowest BCUT2D eigenvalue weighted by Crippen LogP contribution is -2.10. The average molecular weight is 283 g/mol. The molecule has 2 aromatic rings. The van der Waals surface area contributed by atoms with E-state index in [-0.39, 0.29) is 5.56 Å². The molecular formula is C14H9F4NO. The maximum atomic E-state index is 13.6. The third-order valence-electron chi connectivity index (χ3n) is 2.68. The van der Waals surface area contributed by atoms with Crippen LogP contribution in [0.4, 0.5) is 17.6 Å². The SMILES string of the molecule is Cc1cncc(C(=O)c2cc(C(F)(F)F)ccc2F)c1. The highest BCUT2D eigenvalue weighted by molar-refractivity contribution is 6.09. The van der Waals surface area contributed by atoms with Gasteiger partial charge < -0.3 is 0 Å². The predicted octanol–water partition coefficient (Wildman–Crippen LogP) is 3.78. The molecule has 0 spiro atoms. The van der Waals surface area contributed by atoms with Gasteiger partial charge >= 0.3 is 6.18 Å². The fourth-order valence-electron chi connectivity index (χ4n) is 1.71. The third kappa shape index (κ3) is 2.84. The zero-order valence-corrected chi connectivity index (χ0v) is 10.3. The molecule has 1 aromatic heterocycles. The van der Waals surface area contributed by atoms with E-state index in [1.807, 2.05) is 0 Å². The van der Waals surface area contributed by atoms with E-state index in [0.29, 0.717) is 23.8 Å². The van der Waals surface area contributed by atoms with Crippen molar-refractivity contribution in [2.24, 2.45) is 0 Å². The highest BCUT2D eigenvalue weighted by Crippen LogP contribution is 2.30. The topological polar surface area (TPSA) is 30.0 Å². The fraction of sp³-hybridized carbons (Fsp3) is 0.143. The molecule has 0 saturated heterocycles. The molecule has 2 nitrogen and oxygen atoms in total. The molecule has 1 aromatic carbocycles. The Hall–Kier alpha value is -2.24. The number of hydrogen-bond acceptors (Lipinski definition) is 2. The van der Waals surface area contributed by atoms with Crippen LogP contribution in [0.1, 0.15) is 27.0 Å². The molecule has 2 rings (SSSR count). The van der Waals surface area contributed by atoms with E-state index in [0.717, 1.165) is 0 Å². The molecule has 0 aliphatic rings. The second-order valence-electron chi connectivity index (χ2n) is 4.27. The van der Waals surface area contributed by atoms with Crippen LogP contribution in [-0.2, 0) is 6.18 Å². The molecule has 0 aliphatic carbocycles. The largest absolute Gasteiger partial charge is 0.416 e. The number of carbonyl (C=O) groups excluding carboxylic acids is 1. The Morgan fingerprint density at radius 1 is 1.15 bits per heavy atom. The number of hydrogen-bond donors (Lipinski definition) is 0. The van der Waals surface area contributed by atoms with Gasteiger partial charge in [0.15, 0.2) is 5.78 Å². The Balaban J connectivity index is 2.49. The molecule has 0 saturated carbocycles. The normalized spacial score (nSPS) is 11.4. The molecule has 0 atom stereocenters. The van der Waals surface area contributed by atoms with Crippen LogP contribution < -0.4 is 0 Å². The summed E-state index contributed by atoms with van der Waals surface area (Å²) in [4.78, 5) is 15.8. The highest BCUT2D eigenvalue weighted by Gasteiger charge is 2.32. The minimum Gasteiger partial charge on any atom is -0.288 e. The van der Waals surface area contributed by atoms with Crippen molar-refractivity contribution in [3.05, 3.63) is 64.7 Å². The summed E-state index contributed by atoms with van der Waals surface area (Å²) in [6.07, 6.45) is -1.96. The third-order valence-corrected chi connectivity index (χ3v) is 2.68. The Morgan fingerprint density at radius 2 is 1.85 bits per heavy atom. The molecule has 0 bridgehead atoms. The Labute approximate surface area is 112 Å². The predicted molar refractivity (Wildman–Crippen MR) is 63.8 cm³/mol. The number of benzene rings is 1. The molecule has 6 heteroatoms. The zero-order valence-electron chi connectivity index (χ0n) is 10.3. The minimum absolute atomic E-state index is 0.0447. The standard InChI is InChI=1S/C14H9F4NO/c1-8-4-9(7-19-6-8)13(20)11-5-10(14(16,17)18)2-3-12(11)15/h2-7H,1H3. The summed E-state index contributed by atoms with van der Waals surface area (Å²) in [6, 6.07) is 3.19. The van der Waals surface area contributed by atoms with E-state index in [1.54, 1.807) is 6.92 Å². The first kappa shape index (κ1) is 14.2. The summed E-state index contributed by atoms with van der Waals surface area (Å²) in [7, 11) is 0. The van der Waals surface area contributed by atoms with Crippen LogP contribution in [-0.4, -0.2) is 10.8 Å². The van der Waals surface area contributed by atoms with Crippen molar-refractivity contribution in [3.63, 3.8) is 0 Å². The van der Waals surface area contributed by atoms with Crippen LogP contribution in [0.3, 0.4) is 0 Å². The lowest BCUT2D eigenvalue weighted by Gasteiger charge is -2.09. The van der Waals surface area contributed by atoms with Crippen molar-refractivity contribution in [2.75, 3.05) is 0 Å². The number of rotatable bonds is 2. The second kappa shape index (κ2) is 5.03. The number of aromatic nitrogens is 1. The lowest BCUT2D eigenvalue weighted by molar-refractivity contribution is -0.137. The molecule has 104 valence electrons. The molecule has 0 N–H and O–H groups in total.